The first-order valence-corrected chi connectivity index (χ1v) is 5.89. The molecule has 98 valence electrons. The summed E-state index contributed by atoms with van der Waals surface area (Å²) >= 11 is 0. The van der Waals surface area contributed by atoms with Crippen molar-refractivity contribution in [2.75, 3.05) is 0 Å². The molecule has 1 atom stereocenters. The zero-order valence-corrected chi connectivity index (χ0v) is 11.4. The highest BCUT2D eigenvalue weighted by molar-refractivity contribution is 4.69. The van der Waals surface area contributed by atoms with Gasteiger partial charge in [-0.15, -0.1) is 0 Å². The molecule has 0 aliphatic carbocycles. The van der Waals surface area contributed by atoms with Crippen LogP contribution in [0.2, 0.25) is 0 Å². The van der Waals surface area contributed by atoms with Gasteiger partial charge in [-0.3, -0.25) is 5.26 Å². The Morgan fingerprint density at radius 2 is 1.56 bits per heavy atom. The molecule has 1 unspecified atom stereocenters. The van der Waals surface area contributed by atoms with Crippen molar-refractivity contribution in [2.24, 2.45) is 0 Å². The molecule has 0 radical (unpaired) electrons. The number of rotatable bonds is 8. The van der Waals surface area contributed by atoms with E-state index in [2.05, 4.69) is 11.8 Å². The molecule has 0 aromatic rings. The molecule has 0 aromatic carbocycles. The topological polar surface area (TPSA) is 47.9 Å². The van der Waals surface area contributed by atoms with Crippen molar-refractivity contribution >= 4 is 0 Å². The molecule has 0 spiro atoms. The average Bonchev–Trinajstić information content (AvgIpc) is 2.24. The van der Waals surface area contributed by atoms with E-state index in [1.807, 2.05) is 34.6 Å². The van der Waals surface area contributed by atoms with Gasteiger partial charge in [-0.2, -0.15) is 0 Å². The second kappa shape index (κ2) is 6.55. The van der Waals surface area contributed by atoms with E-state index in [1.165, 1.54) is 0 Å². The van der Waals surface area contributed by atoms with Gasteiger partial charge < -0.3 is 0 Å². The van der Waals surface area contributed by atoms with Crippen LogP contribution in [0.15, 0.2) is 0 Å². The fraction of sp³-hybridized carbons (Fsp3) is 1.00. The standard InChI is InChI=1S/C12H26O4/c1-7-11(3,4)15-16-12(5,6)9-8-10(2)14-13/h10,13H,7-9H2,1-6H3. The predicted molar refractivity (Wildman–Crippen MR) is 63.0 cm³/mol. The van der Waals surface area contributed by atoms with E-state index in [4.69, 9.17) is 15.0 Å². The Kier molecular flexibility index (Phi) is 6.48. The van der Waals surface area contributed by atoms with Gasteiger partial charge in [0, 0.05) is 0 Å². The van der Waals surface area contributed by atoms with Gasteiger partial charge in [-0.05, 0) is 53.9 Å². The van der Waals surface area contributed by atoms with Crippen LogP contribution in [0.1, 0.15) is 60.8 Å². The lowest BCUT2D eigenvalue weighted by Crippen LogP contribution is -2.32. The summed E-state index contributed by atoms with van der Waals surface area (Å²) in [6, 6.07) is 0. The lowest BCUT2D eigenvalue weighted by Gasteiger charge is -2.30. The average molecular weight is 234 g/mol. The third-order valence-electron chi connectivity index (χ3n) is 2.68. The van der Waals surface area contributed by atoms with Crippen LogP contribution in [-0.2, 0) is 14.7 Å². The largest absolute Gasteiger partial charge is 0.252 e. The molecule has 0 aliphatic heterocycles. The Hall–Kier alpha value is -0.160. The smallest absolute Gasteiger partial charge is 0.0981 e. The first kappa shape index (κ1) is 15.8. The van der Waals surface area contributed by atoms with Crippen LogP contribution in [0.3, 0.4) is 0 Å². The normalized spacial score (nSPS) is 15.2. The van der Waals surface area contributed by atoms with Crippen molar-refractivity contribution in [3.8, 4) is 0 Å². The number of hydrogen-bond acceptors (Lipinski definition) is 4. The molecular weight excluding hydrogens is 208 g/mol. The summed E-state index contributed by atoms with van der Waals surface area (Å²) in [6.07, 6.45) is 2.19. The Balaban J connectivity index is 3.95. The van der Waals surface area contributed by atoms with Crippen LogP contribution in [0.25, 0.3) is 0 Å². The minimum Gasteiger partial charge on any atom is -0.252 e. The Labute approximate surface area is 98.7 Å². The van der Waals surface area contributed by atoms with Crippen molar-refractivity contribution in [3.63, 3.8) is 0 Å². The fourth-order valence-electron chi connectivity index (χ4n) is 0.930. The summed E-state index contributed by atoms with van der Waals surface area (Å²) < 4.78 is 0. The second-order valence-corrected chi connectivity index (χ2v) is 5.49. The number of hydrogen-bond donors (Lipinski definition) is 1. The molecule has 4 heteroatoms. The third-order valence-corrected chi connectivity index (χ3v) is 2.68. The third kappa shape index (κ3) is 7.17. The van der Waals surface area contributed by atoms with Crippen molar-refractivity contribution in [2.45, 2.75) is 78.1 Å². The van der Waals surface area contributed by atoms with Crippen LogP contribution in [-0.4, -0.2) is 22.6 Å². The molecule has 0 amide bonds. The minimum absolute atomic E-state index is 0.179. The van der Waals surface area contributed by atoms with Crippen LogP contribution in [0, 0.1) is 0 Å². The molecule has 0 heterocycles. The van der Waals surface area contributed by atoms with E-state index in [0.717, 1.165) is 19.3 Å². The molecule has 0 saturated heterocycles. The van der Waals surface area contributed by atoms with E-state index < -0.39 is 0 Å². The maximum Gasteiger partial charge on any atom is 0.0981 e. The molecule has 0 aliphatic rings. The lowest BCUT2D eigenvalue weighted by atomic mass is 10.0. The quantitative estimate of drug-likeness (QED) is 0.515. The van der Waals surface area contributed by atoms with Gasteiger partial charge in [-0.1, -0.05) is 6.92 Å². The summed E-state index contributed by atoms with van der Waals surface area (Å²) in [6.45, 7) is 11.8. The van der Waals surface area contributed by atoms with E-state index in [9.17, 15) is 0 Å². The SMILES string of the molecule is CCC(C)(C)OOC(C)(C)CCC(C)OO. The monoisotopic (exact) mass is 234 g/mol. The minimum atomic E-state index is -0.376. The van der Waals surface area contributed by atoms with Gasteiger partial charge in [-0.25, -0.2) is 14.7 Å². The maximum atomic E-state index is 8.46. The highest BCUT2D eigenvalue weighted by Gasteiger charge is 2.26. The van der Waals surface area contributed by atoms with Gasteiger partial charge in [0.15, 0.2) is 0 Å². The molecular formula is C12H26O4. The Bertz CT molecular complexity index is 189. The van der Waals surface area contributed by atoms with Gasteiger partial charge >= 0.3 is 0 Å². The molecule has 1 N–H and O–H groups in total. The molecule has 16 heavy (non-hydrogen) atoms. The summed E-state index contributed by atoms with van der Waals surface area (Å²) in [5, 5.41) is 8.46. The molecule has 0 bridgehead atoms. The van der Waals surface area contributed by atoms with E-state index >= 15 is 0 Å². The molecule has 4 nitrogen and oxygen atoms in total. The summed E-state index contributed by atoms with van der Waals surface area (Å²) in [4.78, 5) is 15.1. The van der Waals surface area contributed by atoms with Gasteiger partial charge in [0.25, 0.3) is 0 Å². The molecule has 0 fully saturated rings. The summed E-state index contributed by atoms with van der Waals surface area (Å²) in [5.74, 6) is 0. The Morgan fingerprint density at radius 3 is 2.00 bits per heavy atom. The van der Waals surface area contributed by atoms with E-state index in [-0.39, 0.29) is 17.3 Å². The van der Waals surface area contributed by atoms with Gasteiger partial charge in [0.05, 0.1) is 17.3 Å². The van der Waals surface area contributed by atoms with Gasteiger partial charge in [0.1, 0.15) is 0 Å². The van der Waals surface area contributed by atoms with E-state index in [1.54, 1.807) is 0 Å². The van der Waals surface area contributed by atoms with Gasteiger partial charge in [0.2, 0.25) is 0 Å². The fourth-order valence-corrected chi connectivity index (χ4v) is 0.930. The zero-order chi connectivity index (χ0) is 12.8. The van der Waals surface area contributed by atoms with Crippen LogP contribution in [0.5, 0.6) is 0 Å². The van der Waals surface area contributed by atoms with Crippen molar-refractivity contribution in [1.82, 2.24) is 0 Å². The molecule has 0 rings (SSSR count). The van der Waals surface area contributed by atoms with E-state index in [0.29, 0.717) is 0 Å². The van der Waals surface area contributed by atoms with Crippen molar-refractivity contribution < 1.29 is 19.9 Å². The first-order chi connectivity index (χ1) is 7.22. The van der Waals surface area contributed by atoms with Crippen molar-refractivity contribution in [1.29, 1.82) is 0 Å². The zero-order valence-electron chi connectivity index (χ0n) is 11.4. The summed E-state index contributed by atoms with van der Waals surface area (Å²) in [7, 11) is 0. The molecule has 0 aromatic heterocycles. The van der Waals surface area contributed by atoms with Crippen molar-refractivity contribution in [3.05, 3.63) is 0 Å². The highest BCUT2D eigenvalue weighted by atomic mass is 17.2. The Morgan fingerprint density at radius 1 is 1.06 bits per heavy atom. The highest BCUT2D eigenvalue weighted by Crippen LogP contribution is 2.23. The summed E-state index contributed by atoms with van der Waals surface area (Å²) in [5.41, 5.74) is -0.643. The second-order valence-electron chi connectivity index (χ2n) is 5.49. The first-order valence-electron chi connectivity index (χ1n) is 5.89. The lowest BCUT2D eigenvalue weighted by molar-refractivity contribution is -0.403. The van der Waals surface area contributed by atoms with Crippen LogP contribution < -0.4 is 0 Å². The maximum absolute atomic E-state index is 8.46. The predicted octanol–water partition coefficient (Wildman–Crippen LogP) is 3.56. The van der Waals surface area contributed by atoms with Crippen LogP contribution >= 0.6 is 0 Å². The van der Waals surface area contributed by atoms with Crippen LogP contribution in [0.4, 0.5) is 0 Å². The molecule has 0 saturated carbocycles.